The van der Waals surface area contributed by atoms with E-state index >= 15 is 0 Å². The van der Waals surface area contributed by atoms with Crippen molar-refractivity contribution in [1.29, 1.82) is 0 Å². The largest absolute Gasteiger partial charge is 0.457 e. The van der Waals surface area contributed by atoms with Crippen molar-refractivity contribution in [1.82, 2.24) is 0 Å². The van der Waals surface area contributed by atoms with E-state index in [-0.39, 0.29) is 41.2 Å². The summed E-state index contributed by atoms with van der Waals surface area (Å²) in [7, 11) is 0. The average Bonchev–Trinajstić information content (AvgIpc) is 3.45. The summed E-state index contributed by atoms with van der Waals surface area (Å²) in [5.74, 6) is 1.36. The van der Waals surface area contributed by atoms with Gasteiger partial charge < -0.3 is 9.47 Å². The molecule has 2 aliphatic carbocycles. The van der Waals surface area contributed by atoms with E-state index in [2.05, 4.69) is 31.9 Å². The van der Waals surface area contributed by atoms with Gasteiger partial charge in [-0.15, -0.1) is 0 Å². The molecule has 182 valence electrons. The zero-order chi connectivity index (χ0) is 24.5. The number of hydrogen-bond donors (Lipinski definition) is 0. The second kappa shape index (κ2) is 15.2. The van der Waals surface area contributed by atoms with Crippen molar-refractivity contribution in [3.8, 4) is 0 Å². The average molecular weight is 640 g/mol. The Hall–Kier alpha value is -1.14. The van der Waals surface area contributed by atoms with Gasteiger partial charge >= 0.3 is 11.9 Å². The van der Waals surface area contributed by atoms with Gasteiger partial charge in [0.25, 0.3) is 0 Å². The van der Waals surface area contributed by atoms with Gasteiger partial charge in [0, 0.05) is 42.8 Å². The van der Waals surface area contributed by atoms with Crippen LogP contribution in [-0.2, 0) is 36.1 Å². The molecule has 2 aromatic rings. The van der Waals surface area contributed by atoms with Gasteiger partial charge in [-0.2, -0.15) is 0 Å². The summed E-state index contributed by atoms with van der Waals surface area (Å²) in [4.78, 5) is 24.3. The number of carbonyl (C=O) groups excluding carboxylic acids is 2. The Bertz CT molecular complexity index is 836. The Morgan fingerprint density at radius 3 is 1.23 bits per heavy atom. The summed E-state index contributed by atoms with van der Waals surface area (Å²) in [6, 6.07) is 19.4. The minimum atomic E-state index is -0.349. The molecule has 0 aromatic heterocycles. The van der Waals surface area contributed by atoms with Crippen molar-refractivity contribution >= 4 is 43.8 Å². The van der Waals surface area contributed by atoms with Crippen LogP contribution in [-0.4, -0.2) is 11.9 Å². The van der Waals surface area contributed by atoms with Gasteiger partial charge in [0.1, 0.15) is 12.2 Å². The van der Waals surface area contributed by atoms with Crippen LogP contribution in [0.25, 0.3) is 0 Å². The molecule has 0 N–H and O–H groups in total. The molecule has 2 aliphatic rings. The second-order valence-electron chi connectivity index (χ2n) is 7.46. The summed E-state index contributed by atoms with van der Waals surface area (Å²) in [6.07, 6.45) is 10.9. The maximum Gasteiger partial charge on any atom is 0.303 e. The predicted molar refractivity (Wildman–Crippen MR) is 139 cm³/mol. The van der Waals surface area contributed by atoms with Crippen molar-refractivity contribution in [2.75, 3.05) is 0 Å². The van der Waals surface area contributed by atoms with Crippen LogP contribution in [0.2, 0.25) is 0 Å². The van der Waals surface area contributed by atoms with Crippen LogP contribution in [0, 0.1) is 60.0 Å². The molecule has 10 radical (unpaired) electrons. The van der Waals surface area contributed by atoms with Crippen LogP contribution in [0.5, 0.6) is 0 Å². The standard InChI is InChI=1S/2C14H12BrO2.Fe/c2*1-10(16)17-14(11-6-3-2-4-7-11)12-8-5-9-13(12)15;/h2*2-9,14H,1H3;/t2*14-;/m11./s1. The Balaban J connectivity index is 0.000000240. The summed E-state index contributed by atoms with van der Waals surface area (Å²) in [6.45, 7) is 2.85. The quantitative estimate of drug-likeness (QED) is 0.257. The zero-order valence-corrected chi connectivity index (χ0v) is 23.4. The number of benzene rings is 2. The number of rotatable bonds is 6. The third kappa shape index (κ3) is 9.03. The topological polar surface area (TPSA) is 52.6 Å². The molecular formula is C28H24Br2FeO4. The van der Waals surface area contributed by atoms with Crippen molar-refractivity contribution in [2.24, 2.45) is 0 Å². The van der Waals surface area contributed by atoms with E-state index in [1.165, 1.54) is 13.8 Å². The Kier molecular flexibility index (Phi) is 13.1. The van der Waals surface area contributed by atoms with Gasteiger partial charge in [-0.1, -0.05) is 92.5 Å². The maximum absolute atomic E-state index is 11.2. The summed E-state index contributed by atoms with van der Waals surface area (Å²) in [5.41, 5.74) is 1.93. The first-order valence-electron chi connectivity index (χ1n) is 10.6. The minimum absolute atomic E-state index is 0. The molecule has 0 saturated heterocycles. The first-order valence-corrected chi connectivity index (χ1v) is 12.2. The molecule has 2 aromatic carbocycles. The van der Waals surface area contributed by atoms with E-state index in [0.29, 0.717) is 0 Å². The van der Waals surface area contributed by atoms with Crippen LogP contribution < -0.4 is 0 Å². The molecule has 4 rings (SSSR count). The van der Waals surface area contributed by atoms with Crippen molar-refractivity contribution < 1.29 is 36.1 Å². The van der Waals surface area contributed by atoms with Crippen LogP contribution in [0.1, 0.15) is 37.2 Å². The molecular weight excluding hydrogens is 616 g/mol. The number of ether oxygens (including phenoxy) is 2. The molecule has 0 amide bonds. The van der Waals surface area contributed by atoms with Crippen molar-refractivity contribution in [3.05, 3.63) is 132 Å². The molecule has 2 atom stereocenters. The zero-order valence-electron chi connectivity index (χ0n) is 19.1. The first kappa shape index (κ1) is 30.1. The fourth-order valence-corrected chi connectivity index (χ4v) is 4.44. The normalized spacial score (nSPS) is 18.6. The summed E-state index contributed by atoms with van der Waals surface area (Å²) >= 11 is 6.93. The fraction of sp³-hybridized carbons (Fsp3) is 0.143. The van der Waals surface area contributed by atoms with E-state index < -0.39 is 0 Å². The minimum Gasteiger partial charge on any atom is -0.457 e. The van der Waals surface area contributed by atoms with E-state index in [9.17, 15) is 9.59 Å². The third-order valence-corrected chi connectivity index (χ3v) is 6.37. The smallest absolute Gasteiger partial charge is 0.303 e. The van der Waals surface area contributed by atoms with Gasteiger partial charge in [-0.05, 0) is 49.7 Å². The molecule has 2 saturated carbocycles. The van der Waals surface area contributed by atoms with Gasteiger partial charge in [-0.25, -0.2) is 0 Å². The molecule has 0 spiro atoms. The number of esters is 2. The molecule has 35 heavy (non-hydrogen) atoms. The Morgan fingerprint density at radius 1 is 0.629 bits per heavy atom. The third-order valence-electron chi connectivity index (χ3n) is 4.93. The van der Waals surface area contributed by atoms with Crippen molar-refractivity contribution in [3.63, 3.8) is 0 Å². The molecule has 7 heteroatoms. The number of hydrogen-bond acceptors (Lipinski definition) is 4. The Morgan fingerprint density at radius 2 is 0.971 bits per heavy atom. The SMILES string of the molecule is CC(=O)O[C@@H]([C]1[CH][CH][CH][C]1Br)c1ccccc1.CC(=O)O[C@@H]([C]1[CH][CH][CH][C]1Br)c1ccccc1.[Fe]. The van der Waals surface area contributed by atoms with Gasteiger partial charge in [0.15, 0.2) is 0 Å². The maximum atomic E-state index is 11.2. The molecule has 4 nitrogen and oxygen atoms in total. The summed E-state index contributed by atoms with van der Waals surface area (Å²) in [5, 5.41) is 0. The second-order valence-corrected chi connectivity index (χ2v) is 9.17. The van der Waals surface area contributed by atoms with E-state index in [1.807, 2.05) is 99.2 Å². The van der Waals surface area contributed by atoms with Crippen molar-refractivity contribution in [2.45, 2.75) is 26.1 Å². The van der Waals surface area contributed by atoms with Crippen LogP contribution in [0.15, 0.2) is 60.7 Å². The molecule has 0 unspecified atom stereocenters. The number of halogens is 2. The van der Waals surface area contributed by atoms with Crippen LogP contribution in [0.3, 0.4) is 0 Å². The van der Waals surface area contributed by atoms with Crippen LogP contribution in [0.4, 0.5) is 0 Å². The fourth-order valence-electron chi connectivity index (χ4n) is 3.46. The number of carbonyl (C=O) groups is 2. The first-order chi connectivity index (χ1) is 16.4. The molecule has 2 fully saturated rings. The van der Waals surface area contributed by atoms with E-state index in [0.717, 1.165) is 32.6 Å². The predicted octanol–water partition coefficient (Wildman–Crippen LogP) is 6.83. The summed E-state index contributed by atoms with van der Waals surface area (Å²) < 4.78 is 10.8. The van der Waals surface area contributed by atoms with E-state index in [1.54, 1.807) is 0 Å². The van der Waals surface area contributed by atoms with Gasteiger partial charge in [-0.3, -0.25) is 9.59 Å². The van der Waals surface area contributed by atoms with Gasteiger partial charge in [0.05, 0.1) is 9.65 Å². The molecule has 0 heterocycles. The van der Waals surface area contributed by atoms with E-state index in [4.69, 9.17) is 9.47 Å². The monoisotopic (exact) mass is 638 g/mol. The Labute approximate surface area is 236 Å². The van der Waals surface area contributed by atoms with Crippen LogP contribution >= 0.6 is 31.9 Å². The molecule has 0 bridgehead atoms. The molecule has 0 aliphatic heterocycles. The van der Waals surface area contributed by atoms with Gasteiger partial charge in [0.2, 0.25) is 0 Å².